The van der Waals surface area contributed by atoms with Gasteiger partial charge in [0.1, 0.15) is 0 Å². The fraction of sp³-hybridized carbons (Fsp3) is 1.00. The Balaban J connectivity index is 3.18. The second kappa shape index (κ2) is 5.29. The van der Waals surface area contributed by atoms with Crippen molar-refractivity contribution < 1.29 is 13.8 Å². The maximum atomic E-state index is 10.8. The number of hydrogen-bond acceptors (Lipinski definition) is 3. The van der Waals surface area contributed by atoms with Crippen LogP contribution in [0.2, 0.25) is 0 Å². The lowest BCUT2D eigenvalue weighted by molar-refractivity contribution is 0.152. The molecule has 0 aliphatic rings. The highest BCUT2D eigenvalue weighted by atomic mass is 127. The number of ether oxygens (including phenoxy) is 1. The largest absolute Gasteiger partial charge is 0.382 e. The van der Waals surface area contributed by atoms with E-state index in [4.69, 9.17) is 4.52 Å². The molecule has 0 aromatic heterocycles. The minimum atomic E-state index is -2.34. The maximum Gasteiger partial charge on any atom is 0.315 e. The van der Waals surface area contributed by atoms with Crippen LogP contribution in [-0.2, 0) is 13.8 Å². The minimum Gasteiger partial charge on any atom is -0.382 e. The molecule has 0 fully saturated rings. The average molecular weight is 376 g/mol. The third-order valence-corrected chi connectivity index (χ3v) is 2.68. The van der Waals surface area contributed by atoms with Crippen LogP contribution in [0.25, 0.3) is 0 Å². The van der Waals surface area contributed by atoms with Gasteiger partial charge in [0.15, 0.2) is 0 Å². The number of halogens is 2. The molecule has 0 atom stereocenters. The van der Waals surface area contributed by atoms with Gasteiger partial charge in [-0.2, -0.15) is 0 Å². The third-order valence-electron chi connectivity index (χ3n) is 0.529. The molecule has 6 heteroatoms. The van der Waals surface area contributed by atoms with E-state index in [1.54, 1.807) is 51.2 Å². The van der Waals surface area contributed by atoms with Gasteiger partial charge >= 0.3 is 2.65 Å². The molecule has 0 heterocycles. The molecule has 0 rings (SSSR count). The van der Waals surface area contributed by atoms with Crippen molar-refractivity contribution in [2.24, 2.45) is 0 Å². The van der Waals surface area contributed by atoms with Crippen molar-refractivity contribution >= 4 is 46.7 Å². The first-order valence-corrected chi connectivity index (χ1v) is 9.38. The molecule has 0 bridgehead atoms. The van der Waals surface area contributed by atoms with Gasteiger partial charge in [-0.05, 0) is 0 Å². The highest BCUT2D eigenvalue weighted by molar-refractivity contribution is 14.3. The molecular weight excluding hydrogens is 369 g/mol. The molecule has 0 aliphatic carbocycles. The first kappa shape index (κ1) is 10.6. The van der Waals surface area contributed by atoms with E-state index in [-0.39, 0.29) is 0 Å². The summed E-state index contributed by atoms with van der Waals surface area (Å²) in [5, 5.41) is 0. The van der Waals surface area contributed by atoms with Gasteiger partial charge in [0.25, 0.3) is 0 Å². The van der Waals surface area contributed by atoms with Crippen LogP contribution in [0.5, 0.6) is 0 Å². The van der Waals surface area contributed by atoms with Crippen molar-refractivity contribution in [3.63, 3.8) is 0 Å². The van der Waals surface area contributed by atoms with Crippen molar-refractivity contribution in [2.45, 2.75) is 0 Å². The molecule has 0 unspecified atom stereocenters. The second-order valence-corrected chi connectivity index (χ2v) is 15.5. The fourth-order valence-corrected chi connectivity index (χ4v) is 1.70. The lowest BCUT2D eigenvalue weighted by Crippen LogP contribution is -1.95. The SMILES string of the molecule is COCCOP(=O)(I)I. The van der Waals surface area contributed by atoms with Gasteiger partial charge in [-0.3, -0.25) is 4.57 Å². The summed E-state index contributed by atoms with van der Waals surface area (Å²) in [6.07, 6.45) is 0. The molecule has 0 saturated carbocycles. The Morgan fingerprint density at radius 1 is 1.44 bits per heavy atom. The van der Waals surface area contributed by atoms with Crippen molar-refractivity contribution in [1.82, 2.24) is 0 Å². The van der Waals surface area contributed by atoms with Crippen LogP contribution < -0.4 is 0 Å². The van der Waals surface area contributed by atoms with Crippen LogP contribution in [0.4, 0.5) is 0 Å². The van der Waals surface area contributed by atoms with E-state index < -0.39 is 2.65 Å². The van der Waals surface area contributed by atoms with Crippen LogP contribution >= 0.6 is 46.7 Å². The molecule has 3 nitrogen and oxygen atoms in total. The summed E-state index contributed by atoms with van der Waals surface area (Å²) in [6, 6.07) is 0. The van der Waals surface area contributed by atoms with Gasteiger partial charge in [0.2, 0.25) is 0 Å². The topological polar surface area (TPSA) is 35.5 Å². The molecule has 9 heavy (non-hydrogen) atoms. The second-order valence-electron chi connectivity index (χ2n) is 1.24. The van der Waals surface area contributed by atoms with Crippen molar-refractivity contribution in [3.05, 3.63) is 0 Å². The molecule has 0 spiro atoms. The molecular formula is C3H7I2O3P. The van der Waals surface area contributed by atoms with E-state index in [1.807, 2.05) is 0 Å². The minimum absolute atomic E-state index is 0.402. The molecule has 56 valence electrons. The predicted octanol–water partition coefficient (Wildman–Crippen LogP) is 2.63. The Morgan fingerprint density at radius 3 is 2.33 bits per heavy atom. The van der Waals surface area contributed by atoms with Crippen LogP contribution in [0.3, 0.4) is 0 Å². The highest BCUT2D eigenvalue weighted by Crippen LogP contribution is 2.63. The van der Waals surface area contributed by atoms with Crippen LogP contribution in [-0.4, -0.2) is 20.3 Å². The highest BCUT2D eigenvalue weighted by Gasteiger charge is 2.10. The van der Waals surface area contributed by atoms with E-state index in [9.17, 15) is 4.57 Å². The zero-order chi connectivity index (χ0) is 7.33. The van der Waals surface area contributed by atoms with Crippen molar-refractivity contribution in [3.8, 4) is 0 Å². The first-order chi connectivity index (χ1) is 4.06. The van der Waals surface area contributed by atoms with Crippen LogP contribution in [0, 0.1) is 0 Å². The molecule has 0 aliphatic heterocycles. The van der Waals surface area contributed by atoms with Gasteiger partial charge in [0.05, 0.1) is 13.2 Å². The Hall–Kier alpha value is 1.61. The number of hydrogen-bond donors (Lipinski definition) is 0. The Morgan fingerprint density at radius 2 is 2.00 bits per heavy atom. The lowest BCUT2D eigenvalue weighted by atomic mass is 10.8. The number of methoxy groups -OCH3 is 1. The molecule has 0 N–H and O–H groups in total. The summed E-state index contributed by atoms with van der Waals surface area (Å²) < 4.78 is 18.0. The van der Waals surface area contributed by atoms with Crippen molar-refractivity contribution in [2.75, 3.05) is 20.3 Å². The summed E-state index contributed by atoms with van der Waals surface area (Å²) in [5.74, 6) is 0. The molecule has 0 aromatic rings. The smallest absolute Gasteiger partial charge is 0.315 e. The fourth-order valence-electron chi connectivity index (χ4n) is 0.227. The first-order valence-electron chi connectivity index (χ1n) is 2.19. The zero-order valence-corrected chi connectivity index (χ0v) is 10.1. The normalized spacial score (nSPS) is 11.9. The van der Waals surface area contributed by atoms with Crippen LogP contribution in [0.15, 0.2) is 0 Å². The van der Waals surface area contributed by atoms with Crippen molar-refractivity contribution in [1.29, 1.82) is 0 Å². The molecule has 0 radical (unpaired) electrons. The molecule has 0 saturated heterocycles. The quantitative estimate of drug-likeness (QED) is 0.430. The van der Waals surface area contributed by atoms with E-state index in [0.29, 0.717) is 13.2 Å². The van der Waals surface area contributed by atoms with E-state index in [1.165, 1.54) is 0 Å². The Bertz CT molecular complexity index is 112. The Kier molecular flexibility index (Phi) is 6.23. The van der Waals surface area contributed by atoms with E-state index in [2.05, 4.69) is 4.74 Å². The standard InChI is InChI=1S/C3H7I2O3P/c1-7-2-3-8-9(4,5)6/h2-3H2,1H3. The Labute approximate surface area is 80.3 Å². The molecule has 0 aromatic carbocycles. The average Bonchev–Trinajstić information content (AvgIpc) is 1.63. The van der Waals surface area contributed by atoms with E-state index in [0.717, 1.165) is 0 Å². The van der Waals surface area contributed by atoms with Gasteiger partial charge in [0, 0.05) is 51.2 Å². The predicted molar refractivity (Wildman–Crippen MR) is 53.5 cm³/mol. The summed E-state index contributed by atoms with van der Waals surface area (Å²) in [4.78, 5) is 0. The van der Waals surface area contributed by atoms with E-state index >= 15 is 0 Å². The third kappa shape index (κ3) is 9.61. The summed E-state index contributed by atoms with van der Waals surface area (Å²) in [5.41, 5.74) is 0. The van der Waals surface area contributed by atoms with Gasteiger partial charge in [-0.15, -0.1) is 0 Å². The number of rotatable bonds is 4. The summed E-state index contributed by atoms with van der Waals surface area (Å²) in [7, 11) is 1.58. The lowest BCUT2D eigenvalue weighted by Gasteiger charge is -2.02. The summed E-state index contributed by atoms with van der Waals surface area (Å²) >= 11 is 3.56. The van der Waals surface area contributed by atoms with Gasteiger partial charge in [-0.25, -0.2) is 0 Å². The zero-order valence-electron chi connectivity index (χ0n) is 4.84. The monoisotopic (exact) mass is 376 g/mol. The summed E-state index contributed by atoms with van der Waals surface area (Å²) in [6.45, 7) is 0.898. The molecule has 0 amide bonds. The maximum absolute atomic E-state index is 10.8. The van der Waals surface area contributed by atoms with Crippen LogP contribution in [0.1, 0.15) is 0 Å². The van der Waals surface area contributed by atoms with Gasteiger partial charge in [-0.1, -0.05) is 0 Å². The van der Waals surface area contributed by atoms with Gasteiger partial charge < -0.3 is 9.26 Å².